The van der Waals surface area contributed by atoms with Gasteiger partial charge < -0.3 is 20.3 Å². The molecule has 0 saturated heterocycles. The second-order valence-corrected chi connectivity index (χ2v) is 8.50. The number of nitrogens with zero attached hydrogens (tertiary/aromatic N) is 3. The molecule has 0 aromatic carbocycles. The van der Waals surface area contributed by atoms with Crippen LogP contribution in [0.15, 0.2) is 23.3 Å². The highest BCUT2D eigenvalue weighted by molar-refractivity contribution is 14.0. The highest BCUT2D eigenvalue weighted by Gasteiger charge is 2.16. The second kappa shape index (κ2) is 12.2. The van der Waals surface area contributed by atoms with Gasteiger partial charge in [0.15, 0.2) is 5.96 Å². The Balaban J connectivity index is 0.00000420. The average Bonchev–Trinajstić information content (AvgIpc) is 2.64. The van der Waals surface area contributed by atoms with Gasteiger partial charge in [0.25, 0.3) is 0 Å². The zero-order chi connectivity index (χ0) is 20.6. The number of aliphatic imine (C=N–C) groups is 1. The van der Waals surface area contributed by atoms with Gasteiger partial charge >= 0.3 is 0 Å². The molecule has 1 aliphatic carbocycles. The molecule has 7 nitrogen and oxygen atoms in total. The summed E-state index contributed by atoms with van der Waals surface area (Å²) in [5, 5.41) is 6.65. The third-order valence-corrected chi connectivity index (χ3v) is 4.48. The highest BCUT2D eigenvalue weighted by Crippen LogP contribution is 2.18. The average molecular weight is 517 g/mol. The van der Waals surface area contributed by atoms with Gasteiger partial charge in [-0.2, -0.15) is 0 Å². The lowest BCUT2D eigenvalue weighted by Crippen LogP contribution is -2.47. The van der Waals surface area contributed by atoms with Crippen molar-refractivity contribution in [1.29, 1.82) is 0 Å². The normalized spacial score (nSPS) is 15.3. The van der Waals surface area contributed by atoms with Crippen molar-refractivity contribution in [3.05, 3.63) is 23.9 Å². The number of amides is 1. The summed E-state index contributed by atoms with van der Waals surface area (Å²) < 4.78 is 5.76. The van der Waals surface area contributed by atoms with E-state index in [0.29, 0.717) is 24.4 Å². The Kier molecular flexibility index (Phi) is 10.7. The molecular formula is C21H36IN5O2. The molecule has 0 aliphatic heterocycles. The van der Waals surface area contributed by atoms with Gasteiger partial charge in [0.05, 0.1) is 13.1 Å². The molecule has 164 valence electrons. The van der Waals surface area contributed by atoms with Gasteiger partial charge in [-0.3, -0.25) is 4.79 Å². The predicted molar refractivity (Wildman–Crippen MR) is 128 cm³/mol. The minimum atomic E-state index is -0.271. The van der Waals surface area contributed by atoms with Crippen LogP contribution in [0.5, 0.6) is 5.88 Å². The molecule has 1 aromatic heterocycles. The van der Waals surface area contributed by atoms with E-state index in [9.17, 15) is 4.79 Å². The molecule has 1 fully saturated rings. The second-order valence-electron chi connectivity index (χ2n) is 8.50. The summed E-state index contributed by atoms with van der Waals surface area (Å²) in [7, 11) is 3.50. The van der Waals surface area contributed by atoms with E-state index in [1.807, 2.05) is 32.9 Å². The third-order valence-electron chi connectivity index (χ3n) is 4.48. The lowest BCUT2D eigenvalue weighted by molar-refractivity contribution is -0.127. The van der Waals surface area contributed by atoms with E-state index in [1.165, 1.54) is 19.3 Å². The number of pyridine rings is 1. The van der Waals surface area contributed by atoms with Gasteiger partial charge in [-0.25, -0.2) is 9.98 Å². The molecule has 8 heteroatoms. The Morgan fingerprint density at radius 2 is 1.93 bits per heavy atom. The molecule has 0 unspecified atom stereocenters. The largest absolute Gasteiger partial charge is 0.472 e. The minimum Gasteiger partial charge on any atom is -0.472 e. The molecule has 1 aliphatic rings. The van der Waals surface area contributed by atoms with E-state index >= 15 is 0 Å². The van der Waals surface area contributed by atoms with Crippen molar-refractivity contribution in [2.24, 2.45) is 4.99 Å². The smallest absolute Gasteiger partial charge is 0.241 e. The summed E-state index contributed by atoms with van der Waals surface area (Å²) in [6.45, 7) is 6.70. The molecule has 0 atom stereocenters. The van der Waals surface area contributed by atoms with Gasteiger partial charge in [0, 0.05) is 32.4 Å². The first-order chi connectivity index (χ1) is 13.2. The van der Waals surface area contributed by atoms with Crippen LogP contribution in [0.1, 0.15) is 58.4 Å². The van der Waals surface area contributed by atoms with Gasteiger partial charge in [-0.15, -0.1) is 24.0 Å². The fourth-order valence-corrected chi connectivity index (χ4v) is 2.96. The molecule has 1 aromatic rings. The maximum atomic E-state index is 11.9. The number of nitrogens with one attached hydrogen (secondary N) is 2. The summed E-state index contributed by atoms with van der Waals surface area (Å²) in [6, 6.07) is 4.25. The fraction of sp³-hybridized carbons (Fsp3) is 0.667. The number of aromatic nitrogens is 1. The van der Waals surface area contributed by atoms with Gasteiger partial charge in [0.1, 0.15) is 5.60 Å². The van der Waals surface area contributed by atoms with Crippen LogP contribution in [-0.4, -0.2) is 54.0 Å². The van der Waals surface area contributed by atoms with Crippen molar-refractivity contribution >= 4 is 35.8 Å². The zero-order valence-corrected chi connectivity index (χ0v) is 20.7. The van der Waals surface area contributed by atoms with E-state index in [4.69, 9.17) is 4.74 Å². The standard InChI is InChI=1S/C21H35N5O2.HI/c1-21(2,3)28-18-12-11-16(13-22-18)14-23-20(24-15-19(27)26(4)5)25-17-9-7-6-8-10-17;/h11-13,17H,6-10,14-15H2,1-5H3,(H2,23,24,25);1H. The van der Waals surface area contributed by atoms with E-state index in [1.54, 1.807) is 25.2 Å². The van der Waals surface area contributed by atoms with Gasteiger partial charge in [-0.05, 0) is 39.2 Å². The van der Waals surface area contributed by atoms with Crippen molar-refractivity contribution in [3.63, 3.8) is 0 Å². The number of ether oxygens (including phenoxy) is 1. The molecule has 2 rings (SSSR count). The molecule has 29 heavy (non-hydrogen) atoms. The Morgan fingerprint density at radius 3 is 2.48 bits per heavy atom. The molecule has 0 spiro atoms. The number of rotatable bonds is 6. The monoisotopic (exact) mass is 517 g/mol. The molecule has 1 heterocycles. The number of hydrogen-bond acceptors (Lipinski definition) is 4. The Bertz CT molecular complexity index is 650. The van der Waals surface area contributed by atoms with Crippen molar-refractivity contribution in [3.8, 4) is 5.88 Å². The summed E-state index contributed by atoms with van der Waals surface area (Å²) in [4.78, 5) is 22.5. The summed E-state index contributed by atoms with van der Waals surface area (Å²) in [5.41, 5.74) is 0.720. The predicted octanol–water partition coefficient (Wildman–Crippen LogP) is 3.33. The van der Waals surface area contributed by atoms with Gasteiger partial charge in [-0.1, -0.05) is 25.3 Å². The van der Waals surface area contributed by atoms with Crippen LogP contribution in [0.25, 0.3) is 0 Å². The van der Waals surface area contributed by atoms with Crippen molar-refractivity contribution in [2.45, 2.75) is 71.1 Å². The topological polar surface area (TPSA) is 78.9 Å². The molecule has 0 bridgehead atoms. The lowest BCUT2D eigenvalue weighted by atomic mass is 9.96. The fourth-order valence-electron chi connectivity index (χ4n) is 2.96. The lowest BCUT2D eigenvalue weighted by Gasteiger charge is -2.25. The molecule has 0 radical (unpaired) electrons. The van der Waals surface area contributed by atoms with Crippen LogP contribution in [-0.2, 0) is 11.3 Å². The molecule has 2 N–H and O–H groups in total. The van der Waals surface area contributed by atoms with E-state index in [0.717, 1.165) is 18.4 Å². The maximum Gasteiger partial charge on any atom is 0.241 e. The van der Waals surface area contributed by atoms with Crippen LogP contribution >= 0.6 is 24.0 Å². The number of carbonyl (C=O) groups excluding carboxylic acids is 1. The quantitative estimate of drug-likeness (QED) is 0.344. The first-order valence-corrected chi connectivity index (χ1v) is 10.1. The van der Waals surface area contributed by atoms with Crippen LogP contribution in [0.4, 0.5) is 0 Å². The minimum absolute atomic E-state index is 0. The molecular weight excluding hydrogens is 481 g/mol. The summed E-state index contributed by atoms with van der Waals surface area (Å²) in [6.07, 6.45) is 7.84. The van der Waals surface area contributed by atoms with Crippen LogP contribution in [0.3, 0.4) is 0 Å². The molecule has 1 amide bonds. The van der Waals surface area contributed by atoms with Gasteiger partial charge in [0.2, 0.25) is 11.8 Å². The maximum absolute atomic E-state index is 11.9. The number of halogens is 1. The summed E-state index contributed by atoms with van der Waals surface area (Å²) >= 11 is 0. The van der Waals surface area contributed by atoms with Crippen LogP contribution < -0.4 is 15.4 Å². The zero-order valence-electron chi connectivity index (χ0n) is 18.3. The number of carbonyl (C=O) groups is 1. The van der Waals surface area contributed by atoms with E-state index < -0.39 is 0 Å². The van der Waals surface area contributed by atoms with Crippen LogP contribution in [0.2, 0.25) is 0 Å². The third kappa shape index (κ3) is 10.1. The Hall–Kier alpha value is -1.58. The Labute approximate surface area is 192 Å². The number of likely N-dealkylation sites (N-methyl/N-ethyl adjacent to an activating group) is 1. The number of hydrogen-bond donors (Lipinski definition) is 2. The molecule has 1 saturated carbocycles. The van der Waals surface area contributed by atoms with E-state index in [-0.39, 0.29) is 42.0 Å². The van der Waals surface area contributed by atoms with Crippen molar-refractivity contribution < 1.29 is 9.53 Å². The van der Waals surface area contributed by atoms with E-state index in [2.05, 4.69) is 20.6 Å². The SMILES string of the molecule is CN(C)C(=O)CNC(=NCc1ccc(OC(C)(C)C)nc1)NC1CCCCC1.I. The van der Waals surface area contributed by atoms with Crippen molar-refractivity contribution in [1.82, 2.24) is 20.5 Å². The van der Waals surface area contributed by atoms with Crippen LogP contribution in [0, 0.1) is 0 Å². The number of guanidine groups is 1. The summed E-state index contributed by atoms with van der Waals surface area (Å²) in [5.74, 6) is 1.30. The highest BCUT2D eigenvalue weighted by atomic mass is 127. The van der Waals surface area contributed by atoms with Crippen molar-refractivity contribution in [2.75, 3.05) is 20.6 Å². The Morgan fingerprint density at radius 1 is 1.24 bits per heavy atom. The first-order valence-electron chi connectivity index (χ1n) is 10.1. The first kappa shape index (κ1) is 25.5.